The molecule has 0 saturated heterocycles. The highest BCUT2D eigenvalue weighted by Gasteiger charge is 2.15. The number of amides is 1. The van der Waals surface area contributed by atoms with Crippen molar-refractivity contribution in [2.45, 2.75) is 46.1 Å². The summed E-state index contributed by atoms with van der Waals surface area (Å²) < 4.78 is 9.71. The van der Waals surface area contributed by atoms with E-state index in [0.717, 1.165) is 17.4 Å². The molecule has 0 aliphatic rings. The van der Waals surface area contributed by atoms with E-state index in [2.05, 4.69) is 57.7 Å². The van der Waals surface area contributed by atoms with Gasteiger partial charge in [0.2, 0.25) is 11.0 Å². The first-order valence-electron chi connectivity index (χ1n) is 9.43. The fraction of sp³-hybridized carbons (Fsp3) is 0.550. The number of hydrogen-bond acceptors (Lipinski definition) is 6. The van der Waals surface area contributed by atoms with Gasteiger partial charge in [-0.25, -0.2) is 4.98 Å². The van der Waals surface area contributed by atoms with E-state index in [1.165, 1.54) is 22.7 Å². The quantitative estimate of drug-likeness (QED) is 0.638. The number of nitrogens with one attached hydrogen (secondary N) is 1. The molecule has 0 aliphatic carbocycles. The minimum absolute atomic E-state index is 0.0659. The van der Waals surface area contributed by atoms with Crippen molar-refractivity contribution in [3.63, 3.8) is 0 Å². The van der Waals surface area contributed by atoms with Gasteiger partial charge in [0, 0.05) is 50.6 Å². The third kappa shape index (κ3) is 7.27. The molecule has 0 fully saturated rings. The zero-order valence-electron chi connectivity index (χ0n) is 16.7. The molecule has 1 atom stereocenters. The number of aryl methyl sites for hydroxylation is 1. The van der Waals surface area contributed by atoms with Crippen molar-refractivity contribution >= 4 is 22.6 Å². The van der Waals surface area contributed by atoms with Crippen LogP contribution in [0.25, 0.3) is 0 Å². The van der Waals surface area contributed by atoms with E-state index >= 15 is 0 Å². The van der Waals surface area contributed by atoms with Gasteiger partial charge in [-0.05, 0) is 25.8 Å². The largest absolute Gasteiger partial charge is 0.383 e. The van der Waals surface area contributed by atoms with Gasteiger partial charge < -0.3 is 15.0 Å². The lowest BCUT2D eigenvalue weighted by Crippen LogP contribution is -2.36. The monoisotopic (exact) mass is 390 g/mol. The predicted octanol–water partition coefficient (Wildman–Crippen LogP) is 3.19. The van der Waals surface area contributed by atoms with Crippen LogP contribution < -0.4 is 10.2 Å². The second kappa shape index (κ2) is 11.0. The number of ether oxygens (including phenoxy) is 1. The van der Waals surface area contributed by atoms with Crippen LogP contribution in [-0.2, 0) is 16.0 Å². The molecule has 0 saturated carbocycles. The van der Waals surface area contributed by atoms with Gasteiger partial charge in [0.15, 0.2) is 0 Å². The molecule has 6 nitrogen and oxygen atoms in total. The summed E-state index contributed by atoms with van der Waals surface area (Å²) in [6.45, 7) is 8.03. The smallest absolute Gasteiger partial charge is 0.221 e. The molecule has 0 aliphatic heterocycles. The molecule has 2 aromatic rings. The van der Waals surface area contributed by atoms with Crippen molar-refractivity contribution in [1.29, 1.82) is 0 Å². The Hall–Kier alpha value is -1.99. The molecule has 1 N–H and O–H groups in total. The van der Waals surface area contributed by atoms with Crippen LogP contribution in [0.3, 0.4) is 0 Å². The molecule has 2 rings (SSSR count). The third-order valence-corrected chi connectivity index (χ3v) is 5.22. The lowest BCUT2D eigenvalue weighted by atomic mass is 10.1. The lowest BCUT2D eigenvalue weighted by molar-refractivity contribution is -0.121. The molecule has 27 heavy (non-hydrogen) atoms. The number of methoxy groups -OCH3 is 1. The van der Waals surface area contributed by atoms with Crippen molar-refractivity contribution in [2.24, 2.45) is 0 Å². The molecule has 0 spiro atoms. The van der Waals surface area contributed by atoms with Crippen LogP contribution >= 0.6 is 11.5 Å². The van der Waals surface area contributed by atoms with Gasteiger partial charge in [0.25, 0.3) is 0 Å². The minimum Gasteiger partial charge on any atom is -0.383 e. The molecular formula is C20H30N4O2S. The second-order valence-electron chi connectivity index (χ2n) is 6.76. The summed E-state index contributed by atoms with van der Waals surface area (Å²) in [6, 6.07) is 8.62. The van der Waals surface area contributed by atoms with Crippen LogP contribution in [0, 0.1) is 6.92 Å². The fourth-order valence-electron chi connectivity index (χ4n) is 2.52. The summed E-state index contributed by atoms with van der Waals surface area (Å²) in [5, 5.41) is 3.84. The van der Waals surface area contributed by atoms with Crippen LogP contribution in [0.1, 0.15) is 43.6 Å². The van der Waals surface area contributed by atoms with Crippen molar-refractivity contribution in [3.8, 4) is 0 Å². The van der Waals surface area contributed by atoms with Crippen LogP contribution in [0.15, 0.2) is 24.3 Å². The first-order valence-corrected chi connectivity index (χ1v) is 10.2. The van der Waals surface area contributed by atoms with E-state index in [1.807, 2.05) is 6.92 Å². The molecule has 1 aromatic carbocycles. The van der Waals surface area contributed by atoms with Crippen molar-refractivity contribution in [3.05, 3.63) is 41.2 Å². The summed E-state index contributed by atoms with van der Waals surface area (Å²) in [6.07, 6.45) is 2.07. The van der Waals surface area contributed by atoms with Crippen LogP contribution in [0.5, 0.6) is 0 Å². The number of carbonyl (C=O) groups is 1. The van der Waals surface area contributed by atoms with Gasteiger partial charge in [-0.1, -0.05) is 36.8 Å². The van der Waals surface area contributed by atoms with Gasteiger partial charge in [-0.2, -0.15) is 4.37 Å². The van der Waals surface area contributed by atoms with Crippen LogP contribution in [0.4, 0.5) is 5.13 Å². The molecule has 0 radical (unpaired) electrons. The van der Waals surface area contributed by atoms with Crippen molar-refractivity contribution < 1.29 is 9.53 Å². The first-order chi connectivity index (χ1) is 13.0. The standard InChI is InChI=1S/C20H30N4O2S/c1-5-16(3)21-19(25)10-11-24(12-13-26-4)20-22-18(23-27-20)14-17-8-6-15(2)7-9-17/h6-9,16H,5,10-14H2,1-4H3,(H,21,25). The van der Waals surface area contributed by atoms with Gasteiger partial charge in [0.05, 0.1) is 6.61 Å². The molecule has 148 valence electrons. The summed E-state index contributed by atoms with van der Waals surface area (Å²) in [4.78, 5) is 18.9. The van der Waals surface area contributed by atoms with Gasteiger partial charge >= 0.3 is 0 Å². The molecule has 1 amide bonds. The summed E-state index contributed by atoms with van der Waals surface area (Å²) in [7, 11) is 1.68. The highest BCUT2D eigenvalue weighted by molar-refractivity contribution is 7.09. The normalized spacial score (nSPS) is 12.0. The highest BCUT2D eigenvalue weighted by Crippen LogP contribution is 2.19. The number of anilines is 1. The number of rotatable bonds is 11. The Bertz CT molecular complexity index is 702. The Morgan fingerprint density at radius 3 is 2.70 bits per heavy atom. The Morgan fingerprint density at radius 1 is 1.30 bits per heavy atom. The van der Waals surface area contributed by atoms with E-state index in [4.69, 9.17) is 4.74 Å². The maximum absolute atomic E-state index is 12.1. The first kappa shape index (κ1) is 21.3. The number of hydrogen-bond donors (Lipinski definition) is 1. The van der Waals surface area contributed by atoms with E-state index in [1.54, 1.807) is 7.11 Å². The highest BCUT2D eigenvalue weighted by atomic mass is 32.1. The Kier molecular flexibility index (Phi) is 8.67. The lowest BCUT2D eigenvalue weighted by Gasteiger charge is -2.21. The minimum atomic E-state index is 0.0659. The topological polar surface area (TPSA) is 67.4 Å². The molecular weight excluding hydrogens is 360 g/mol. The number of carbonyl (C=O) groups excluding carboxylic acids is 1. The molecule has 7 heteroatoms. The van der Waals surface area contributed by atoms with E-state index in [0.29, 0.717) is 32.5 Å². The van der Waals surface area contributed by atoms with E-state index in [9.17, 15) is 4.79 Å². The zero-order chi connectivity index (χ0) is 19.6. The molecule has 1 aromatic heterocycles. The zero-order valence-corrected chi connectivity index (χ0v) is 17.5. The predicted molar refractivity (Wildman–Crippen MR) is 110 cm³/mol. The second-order valence-corrected chi connectivity index (χ2v) is 7.49. The average Bonchev–Trinajstić information content (AvgIpc) is 3.12. The fourth-order valence-corrected chi connectivity index (χ4v) is 3.26. The van der Waals surface area contributed by atoms with E-state index < -0.39 is 0 Å². The van der Waals surface area contributed by atoms with Gasteiger partial charge in [0.1, 0.15) is 5.82 Å². The van der Waals surface area contributed by atoms with Gasteiger partial charge in [-0.15, -0.1) is 0 Å². The molecule has 1 heterocycles. The van der Waals surface area contributed by atoms with Crippen LogP contribution in [-0.4, -0.2) is 48.1 Å². The molecule has 1 unspecified atom stereocenters. The van der Waals surface area contributed by atoms with Crippen molar-refractivity contribution in [2.75, 3.05) is 31.7 Å². The Labute approximate surface area is 166 Å². The van der Waals surface area contributed by atoms with Crippen molar-refractivity contribution in [1.82, 2.24) is 14.7 Å². The SMILES string of the molecule is CCC(C)NC(=O)CCN(CCOC)c1nc(Cc2ccc(C)cc2)ns1. The summed E-state index contributed by atoms with van der Waals surface area (Å²) in [5.41, 5.74) is 2.44. The average molecular weight is 391 g/mol. The summed E-state index contributed by atoms with van der Waals surface area (Å²) in [5.74, 6) is 0.876. The number of nitrogens with zero attached hydrogens (tertiary/aromatic N) is 3. The Morgan fingerprint density at radius 2 is 2.04 bits per heavy atom. The number of benzene rings is 1. The van der Waals surface area contributed by atoms with Crippen LogP contribution in [0.2, 0.25) is 0 Å². The Balaban J connectivity index is 1.97. The third-order valence-electron chi connectivity index (χ3n) is 4.40. The maximum Gasteiger partial charge on any atom is 0.221 e. The number of aromatic nitrogens is 2. The molecule has 0 bridgehead atoms. The maximum atomic E-state index is 12.1. The summed E-state index contributed by atoms with van der Waals surface area (Å²) >= 11 is 1.38. The van der Waals surface area contributed by atoms with Gasteiger partial charge in [-0.3, -0.25) is 4.79 Å². The van der Waals surface area contributed by atoms with E-state index in [-0.39, 0.29) is 11.9 Å².